The van der Waals surface area contributed by atoms with E-state index in [0.717, 1.165) is 51.9 Å². The molecule has 2 aliphatic rings. The van der Waals surface area contributed by atoms with Crippen LogP contribution >= 0.6 is 0 Å². The first-order valence-corrected chi connectivity index (χ1v) is 6.93. The second-order valence-corrected chi connectivity index (χ2v) is 5.26. The average Bonchev–Trinajstić information content (AvgIpc) is 2.47. The number of carbonyl (C=O) groups is 2. The largest absolute Gasteiger partial charge is 0.359 e. The molecule has 0 saturated carbocycles. The first-order valence-electron chi connectivity index (χ1n) is 6.93. The minimum absolute atomic E-state index is 0.0866. The smallest absolute Gasteiger partial charge is 0.226 e. The molecule has 5 heteroatoms. The molecule has 1 unspecified atom stereocenters. The van der Waals surface area contributed by atoms with E-state index in [2.05, 4.69) is 10.6 Å². The molecule has 0 aliphatic carbocycles. The molecule has 2 heterocycles. The van der Waals surface area contributed by atoms with Crippen molar-refractivity contribution in [2.24, 2.45) is 11.8 Å². The van der Waals surface area contributed by atoms with Crippen LogP contribution in [-0.4, -0.2) is 49.9 Å². The van der Waals surface area contributed by atoms with Gasteiger partial charge in [-0.2, -0.15) is 0 Å². The third-order valence-corrected chi connectivity index (χ3v) is 4.07. The Kier molecular flexibility index (Phi) is 4.58. The summed E-state index contributed by atoms with van der Waals surface area (Å²) < 4.78 is 0. The molecule has 1 atom stereocenters. The van der Waals surface area contributed by atoms with Gasteiger partial charge in [0.1, 0.15) is 0 Å². The van der Waals surface area contributed by atoms with E-state index in [1.54, 1.807) is 7.05 Å². The van der Waals surface area contributed by atoms with Crippen LogP contribution < -0.4 is 10.6 Å². The lowest BCUT2D eigenvalue weighted by Crippen LogP contribution is -2.47. The van der Waals surface area contributed by atoms with Crippen molar-refractivity contribution in [3.8, 4) is 0 Å². The van der Waals surface area contributed by atoms with E-state index < -0.39 is 0 Å². The fraction of sp³-hybridized carbons (Fsp3) is 0.846. The van der Waals surface area contributed by atoms with E-state index >= 15 is 0 Å². The van der Waals surface area contributed by atoms with E-state index in [-0.39, 0.29) is 23.7 Å². The van der Waals surface area contributed by atoms with Gasteiger partial charge in [0, 0.05) is 32.6 Å². The van der Waals surface area contributed by atoms with Crippen LogP contribution in [0.3, 0.4) is 0 Å². The molecule has 2 aliphatic heterocycles. The molecule has 5 nitrogen and oxygen atoms in total. The van der Waals surface area contributed by atoms with Gasteiger partial charge in [0.05, 0.1) is 5.92 Å². The zero-order chi connectivity index (χ0) is 13.0. The molecule has 2 fully saturated rings. The summed E-state index contributed by atoms with van der Waals surface area (Å²) in [5.74, 6) is 0.623. The van der Waals surface area contributed by atoms with Gasteiger partial charge in [-0.25, -0.2) is 0 Å². The highest BCUT2D eigenvalue weighted by Gasteiger charge is 2.30. The zero-order valence-corrected chi connectivity index (χ0v) is 11.1. The van der Waals surface area contributed by atoms with Crippen molar-refractivity contribution < 1.29 is 9.59 Å². The van der Waals surface area contributed by atoms with Crippen molar-refractivity contribution in [1.29, 1.82) is 0 Å². The van der Waals surface area contributed by atoms with Crippen LogP contribution in [-0.2, 0) is 9.59 Å². The molecule has 2 amide bonds. The maximum absolute atomic E-state index is 12.3. The van der Waals surface area contributed by atoms with Gasteiger partial charge in [0.25, 0.3) is 0 Å². The second kappa shape index (κ2) is 6.18. The van der Waals surface area contributed by atoms with Crippen LogP contribution in [0.2, 0.25) is 0 Å². The molecule has 2 saturated heterocycles. The molecule has 2 rings (SSSR count). The Bertz CT molecular complexity index is 305. The van der Waals surface area contributed by atoms with Gasteiger partial charge in [0.15, 0.2) is 0 Å². The molecule has 0 aromatic carbocycles. The molecule has 0 radical (unpaired) electrons. The Balaban J connectivity index is 1.81. The fourth-order valence-electron chi connectivity index (χ4n) is 2.89. The highest BCUT2D eigenvalue weighted by Crippen LogP contribution is 2.21. The zero-order valence-electron chi connectivity index (χ0n) is 11.1. The van der Waals surface area contributed by atoms with Crippen molar-refractivity contribution in [3.05, 3.63) is 0 Å². The fourth-order valence-corrected chi connectivity index (χ4v) is 2.89. The lowest BCUT2D eigenvalue weighted by molar-refractivity contribution is -0.139. The van der Waals surface area contributed by atoms with E-state index in [4.69, 9.17) is 0 Å². The average molecular weight is 253 g/mol. The van der Waals surface area contributed by atoms with Crippen LogP contribution in [0.4, 0.5) is 0 Å². The number of rotatable bonds is 2. The monoisotopic (exact) mass is 253 g/mol. The Morgan fingerprint density at radius 1 is 1.17 bits per heavy atom. The lowest BCUT2D eigenvalue weighted by atomic mass is 9.93. The van der Waals surface area contributed by atoms with E-state index in [0.29, 0.717) is 0 Å². The van der Waals surface area contributed by atoms with Crippen LogP contribution in [0.5, 0.6) is 0 Å². The Hall–Kier alpha value is -1.10. The summed E-state index contributed by atoms with van der Waals surface area (Å²) in [5, 5.41) is 5.97. The topological polar surface area (TPSA) is 61.4 Å². The molecule has 18 heavy (non-hydrogen) atoms. The van der Waals surface area contributed by atoms with Gasteiger partial charge in [0.2, 0.25) is 11.8 Å². The third kappa shape index (κ3) is 3.02. The van der Waals surface area contributed by atoms with E-state index in [1.807, 2.05) is 4.90 Å². The summed E-state index contributed by atoms with van der Waals surface area (Å²) in [4.78, 5) is 25.7. The number of amides is 2. The van der Waals surface area contributed by atoms with Gasteiger partial charge in [-0.15, -0.1) is 0 Å². The quantitative estimate of drug-likeness (QED) is 0.726. The number of nitrogens with one attached hydrogen (secondary N) is 2. The Labute approximate surface area is 108 Å². The summed E-state index contributed by atoms with van der Waals surface area (Å²) in [6, 6.07) is 0. The van der Waals surface area contributed by atoms with Crippen molar-refractivity contribution in [3.63, 3.8) is 0 Å². The summed E-state index contributed by atoms with van der Waals surface area (Å²) in [7, 11) is 1.67. The first-order chi connectivity index (χ1) is 8.72. The molecule has 0 aromatic heterocycles. The molecule has 2 N–H and O–H groups in total. The summed E-state index contributed by atoms with van der Waals surface area (Å²) in [6.07, 6.45) is 3.68. The van der Waals surface area contributed by atoms with Crippen LogP contribution in [0.1, 0.15) is 25.7 Å². The maximum atomic E-state index is 12.3. The van der Waals surface area contributed by atoms with Gasteiger partial charge >= 0.3 is 0 Å². The SMILES string of the molecule is CNC(=O)C1CCN(C(=O)C2CCCNC2)CC1. The number of hydrogen-bond acceptors (Lipinski definition) is 3. The van der Waals surface area contributed by atoms with E-state index in [9.17, 15) is 9.59 Å². The van der Waals surface area contributed by atoms with E-state index in [1.165, 1.54) is 0 Å². The Morgan fingerprint density at radius 2 is 1.89 bits per heavy atom. The number of nitrogens with zero attached hydrogens (tertiary/aromatic N) is 1. The van der Waals surface area contributed by atoms with Crippen molar-refractivity contribution in [2.45, 2.75) is 25.7 Å². The molecule has 0 aromatic rings. The van der Waals surface area contributed by atoms with Crippen LogP contribution in [0, 0.1) is 11.8 Å². The number of carbonyl (C=O) groups excluding carboxylic acids is 2. The molecular formula is C13H23N3O2. The highest BCUT2D eigenvalue weighted by molar-refractivity contribution is 5.81. The normalized spacial score (nSPS) is 25.8. The predicted molar refractivity (Wildman–Crippen MR) is 69.0 cm³/mol. The maximum Gasteiger partial charge on any atom is 0.226 e. The van der Waals surface area contributed by atoms with Crippen molar-refractivity contribution >= 4 is 11.8 Å². The van der Waals surface area contributed by atoms with Crippen molar-refractivity contribution in [2.75, 3.05) is 33.2 Å². The minimum atomic E-state index is 0.0866. The van der Waals surface area contributed by atoms with Crippen LogP contribution in [0.15, 0.2) is 0 Å². The third-order valence-electron chi connectivity index (χ3n) is 4.07. The summed E-state index contributed by atoms with van der Waals surface area (Å²) in [6.45, 7) is 3.30. The summed E-state index contributed by atoms with van der Waals surface area (Å²) in [5.41, 5.74) is 0. The molecular weight excluding hydrogens is 230 g/mol. The Morgan fingerprint density at radius 3 is 2.44 bits per heavy atom. The standard InChI is InChI=1S/C13H23N3O2/c1-14-12(17)10-4-7-16(8-5-10)13(18)11-3-2-6-15-9-11/h10-11,15H,2-9H2,1H3,(H,14,17). The number of hydrogen-bond donors (Lipinski definition) is 2. The molecule has 102 valence electrons. The van der Waals surface area contributed by atoms with Gasteiger partial charge < -0.3 is 15.5 Å². The molecule has 0 bridgehead atoms. The highest BCUT2D eigenvalue weighted by atomic mass is 16.2. The first kappa shape index (κ1) is 13.3. The van der Waals surface area contributed by atoms with Gasteiger partial charge in [-0.3, -0.25) is 9.59 Å². The summed E-state index contributed by atoms with van der Waals surface area (Å²) >= 11 is 0. The number of likely N-dealkylation sites (tertiary alicyclic amines) is 1. The predicted octanol–water partition coefficient (Wildman–Crippen LogP) is -0.0294. The second-order valence-electron chi connectivity index (χ2n) is 5.26. The van der Waals surface area contributed by atoms with Crippen LogP contribution in [0.25, 0.3) is 0 Å². The molecule has 0 spiro atoms. The number of piperidine rings is 2. The van der Waals surface area contributed by atoms with Gasteiger partial charge in [-0.05, 0) is 32.2 Å². The minimum Gasteiger partial charge on any atom is -0.359 e. The van der Waals surface area contributed by atoms with Crippen molar-refractivity contribution in [1.82, 2.24) is 15.5 Å². The lowest BCUT2D eigenvalue weighted by Gasteiger charge is -2.34. The van der Waals surface area contributed by atoms with Gasteiger partial charge in [-0.1, -0.05) is 0 Å².